The lowest BCUT2D eigenvalue weighted by atomic mass is 10.2. The van der Waals surface area contributed by atoms with E-state index in [9.17, 15) is 5.11 Å². The van der Waals surface area contributed by atoms with E-state index in [4.69, 9.17) is 9.47 Å². The number of hydrogen-bond donors (Lipinski definition) is 1. The number of pyridine rings is 1. The summed E-state index contributed by atoms with van der Waals surface area (Å²) in [6.07, 6.45) is 0.727. The van der Waals surface area contributed by atoms with Crippen molar-refractivity contribution in [3.8, 4) is 0 Å². The predicted octanol–water partition coefficient (Wildman–Crippen LogP) is 0.865. The molecule has 0 saturated heterocycles. The quantitative estimate of drug-likeness (QED) is 0.703. The minimum atomic E-state index is -0.890. The fourth-order valence-electron chi connectivity index (χ4n) is 1.01. The molecule has 1 unspecified atom stereocenters. The molecule has 0 radical (unpaired) electrons. The molecule has 0 amide bonds. The van der Waals surface area contributed by atoms with Gasteiger partial charge >= 0.3 is 0 Å². The maximum absolute atomic E-state index is 9.33. The SMILES string of the molecule is COCc1cc(C(O)OC)ccn1. The molecule has 0 aliphatic carbocycles. The summed E-state index contributed by atoms with van der Waals surface area (Å²) in [6.45, 7) is 0.435. The number of hydrogen-bond acceptors (Lipinski definition) is 4. The summed E-state index contributed by atoms with van der Waals surface area (Å²) in [7, 11) is 3.04. The predicted molar refractivity (Wildman–Crippen MR) is 46.9 cm³/mol. The molecule has 1 aromatic heterocycles. The van der Waals surface area contributed by atoms with Crippen molar-refractivity contribution in [2.24, 2.45) is 0 Å². The normalized spacial score (nSPS) is 12.8. The van der Waals surface area contributed by atoms with E-state index in [1.807, 2.05) is 0 Å². The minimum absolute atomic E-state index is 0.435. The van der Waals surface area contributed by atoms with Crippen LogP contribution < -0.4 is 0 Å². The van der Waals surface area contributed by atoms with Gasteiger partial charge in [0, 0.05) is 26.0 Å². The molecule has 4 nitrogen and oxygen atoms in total. The van der Waals surface area contributed by atoms with Gasteiger partial charge in [-0.3, -0.25) is 4.98 Å². The number of aliphatic hydroxyl groups is 1. The van der Waals surface area contributed by atoms with E-state index in [0.717, 1.165) is 5.69 Å². The zero-order chi connectivity index (χ0) is 9.68. The molecule has 0 spiro atoms. The van der Waals surface area contributed by atoms with Crippen LogP contribution in [0.25, 0.3) is 0 Å². The maximum atomic E-state index is 9.33. The van der Waals surface area contributed by atoms with Crippen LogP contribution >= 0.6 is 0 Å². The minimum Gasteiger partial charge on any atom is -0.378 e. The molecule has 1 heterocycles. The molecular formula is C9H13NO3. The van der Waals surface area contributed by atoms with Crippen molar-refractivity contribution in [2.75, 3.05) is 14.2 Å². The topological polar surface area (TPSA) is 51.6 Å². The molecule has 0 aliphatic heterocycles. The molecule has 4 heteroatoms. The molecule has 72 valence electrons. The zero-order valence-corrected chi connectivity index (χ0v) is 7.73. The third-order valence-electron chi connectivity index (χ3n) is 1.64. The summed E-state index contributed by atoms with van der Waals surface area (Å²) in [4.78, 5) is 4.05. The average Bonchev–Trinajstić information content (AvgIpc) is 2.18. The second-order valence-electron chi connectivity index (χ2n) is 2.60. The third kappa shape index (κ3) is 2.77. The van der Waals surface area contributed by atoms with Gasteiger partial charge in [0.15, 0.2) is 6.29 Å². The molecule has 0 fully saturated rings. The van der Waals surface area contributed by atoms with Crippen LogP contribution in [0.15, 0.2) is 18.3 Å². The highest BCUT2D eigenvalue weighted by Gasteiger charge is 2.05. The van der Waals surface area contributed by atoms with Crippen molar-refractivity contribution >= 4 is 0 Å². The molecule has 1 aromatic rings. The standard InChI is InChI=1S/C9H13NO3/c1-12-6-8-5-7(3-4-10-8)9(11)13-2/h3-5,9,11H,6H2,1-2H3. The van der Waals surface area contributed by atoms with E-state index in [-0.39, 0.29) is 0 Å². The van der Waals surface area contributed by atoms with E-state index in [2.05, 4.69) is 4.98 Å². The van der Waals surface area contributed by atoms with Crippen LogP contribution in [0.5, 0.6) is 0 Å². The van der Waals surface area contributed by atoms with Crippen LogP contribution in [0.1, 0.15) is 17.5 Å². The summed E-state index contributed by atoms with van der Waals surface area (Å²) in [5, 5.41) is 9.33. The number of ether oxygens (including phenoxy) is 2. The van der Waals surface area contributed by atoms with Crippen LogP contribution in [0.3, 0.4) is 0 Å². The van der Waals surface area contributed by atoms with Gasteiger partial charge in [-0.15, -0.1) is 0 Å². The monoisotopic (exact) mass is 183 g/mol. The number of rotatable bonds is 4. The Balaban J connectivity index is 2.78. The first-order valence-corrected chi connectivity index (χ1v) is 3.92. The average molecular weight is 183 g/mol. The van der Waals surface area contributed by atoms with Crippen LogP contribution in [-0.4, -0.2) is 24.3 Å². The van der Waals surface area contributed by atoms with Gasteiger partial charge in [-0.2, -0.15) is 0 Å². The Morgan fingerprint density at radius 2 is 2.31 bits per heavy atom. The highest BCUT2D eigenvalue weighted by atomic mass is 16.6. The van der Waals surface area contributed by atoms with Gasteiger partial charge in [-0.05, 0) is 12.1 Å². The fourth-order valence-corrected chi connectivity index (χ4v) is 1.01. The first-order chi connectivity index (χ1) is 6.27. The number of aliphatic hydroxyl groups excluding tert-OH is 1. The summed E-state index contributed by atoms with van der Waals surface area (Å²) in [6, 6.07) is 3.45. The van der Waals surface area contributed by atoms with Gasteiger partial charge in [-0.1, -0.05) is 0 Å². The summed E-state index contributed by atoms with van der Waals surface area (Å²) in [5.74, 6) is 0. The van der Waals surface area contributed by atoms with E-state index in [0.29, 0.717) is 12.2 Å². The largest absolute Gasteiger partial charge is 0.378 e. The second-order valence-corrected chi connectivity index (χ2v) is 2.60. The first-order valence-electron chi connectivity index (χ1n) is 3.92. The Morgan fingerprint density at radius 1 is 1.54 bits per heavy atom. The van der Waals surface area contributed by atoms with Crippen molar-refractivity contribution < 1.29 is 14.6 Å². The Hall–Kier alpha value is -0.970. The molecule has 0 aliphatic rings. The van der Waals surface area contributed by atoms with Gasteiger partial charge in [0.05, 0.1) is 12.3 Å². The molecular weight excluding hydrogens is 170 g/mol. The van der Waals surface area contributed by atoms with E-state index in [1.54, 1.807) is 25.4 Å². The molecule has 1 atom stereocenters. The summed E-state index contributed by atoms with van der Waals surface area (Å²) < 4.78 is 9.67. The zero-order valence-electron chi connectivity index (χ0n) is 7.73. The number of aromatic nitrogens is 1. The van der Waals surface area contributed by atoms with Crippen molar-refractivity contribution in [1.29, 1.82) is 0 Å². The lowest BCUT2D eigenvalue weighted by Crippen LogP contribution is -2.01. The van der Waals surface area contributed by atoms with Crippen molar-refractivity contribution in [1.82, 2.24) is 4.98 Å². The smallest absolute Gasteiger partial charge is 0.180 e. The molecule has 0 aromatic carbocycles. The van der Waals surface area contributed by atoms with Crippen LogP contribution in [0, 0.1) is 0 Å². The molecule has 13 heavy (non-hydrogen) atoms. The van der Waals surface area contributed by atoms with Crippen molar-refractivity contribution in [3.63, 3.8) is 0 Å². The van der Waals surface area contributed by atoms with Gasteiger partial charge in [0.2, 0.25) is 0 Å². The Morgan fingerprint density at radius 3 is 2.92 bits per heavy atom. The highest BCUT2D eigenvalue weighted by Crippen LogP contribution is 2.13. The molecule has 0 bridgehead atoms. The van der Waals surface area contributed by atoms with Gasteiger partial charge < -0.3 is 14.6 Å². The fraction of sp³-hybridized carbons (Fsp3) is 0.444. The number of nitrogens with zero attached hydrogens (tertiary/aromatic N) is 1. The van der Waals surface area contributed by atoms with Gasteiger partial charge in [0.1, 0.15) is 0 Å². The van der Waals surface area contributed by atoms with Gasteiger partial charge in [0.25, 0.3) is 0 Å². The molecule has 0 saturated carbocycles. The second kappa shape index (κ2) is 4.91. The first kappa shape index (κ1) is 10.1. The Labute approximate surface area is 77.1 Å². The van der Waals surface area contributed by atoms with Crippen molar-refractivity contribution in [3.05, 3.63) is 29.6 Å². The summed E-state index contributed by atoms with van der Waals surface area (Å²) in [5.41, 5.74) is 1.46. The van der Waals surface area contributed by atoms with Crippen LogP contribution in [0.4, 0.5) is 0 Å². The molecule has 1 N–H and O–H groups in total. The lowest BCUT2D eigenvalue weighted by Gasteiger charge is -2.09. The number of methoxy groups -OCH3 is 2. The Kier molecular flexibility index (Phi) is 3.82. The van der Waals surface area contributed by atoms with E-state index < -0.39 is 6.29 Å². The van der Waals surface area contributed by atoms with E-state index in [1.165, 1.54) is 7.11 Å². The highest BCUT2D eigenvalue weighted by molar-refractivity contribution is 5.16. The molecule has 1 rings (SSSR count). The van der Waals surface area contributed by atoms with Gasteiger partial charge in [-0.25, -0.2) is 0 Å². The van der Waals surface area contributed by atoms with Crippen LogP contribution in [0.2, 0.25) is 0 Å². The van der Waals surface area contributed by atoms with E-state index >= 15 is 0 Å². The third-order valence-corrected chi connectivity index (χ3v) is 1.64. The van der Waals surface area contributed by atoms with Crippen LogP contribution in [-0.2, 0) is 16.1 Å². The maximum Gasteiger partial charge on any atom is 0.180 e. The van der Waals surface area contributed by atoms with Crippen molar-refractivity contribution in [2.45, 2.75) is 12.9 Å². The summed E-state index contributed by atoms with van der Waals surface area (Å²) >= 11 is 0. The Bertz CT molecular complexity index is 265. The lowest BCUT2D eigenvalue weighted by molar-refractivity contribution is -0.0770.